The van der Waals surface area contributed by atoms with Crippen molar-refractivity contribution in [2.45, 2.75) is 6.42 Å². The lowest BCUT2D eigenvalue weighted by atomic mass is 10.4. The van der Waals surface area contributed by atoms with Crippen LogP contribution < -0.4 is 5.32 Å². The minimum absolute atomic E-state index is 0.238. The van der Waals surface area contributed by atoms with Gasteiger partial charge < -0.3 is 14.5 Å². The smallest absolute Gasteiger partial charge is 0.287 e. The minimum atomic E-state index is -0.238. The first-order valence-electron chi connectivity index (χ1n) is 4.96. The first kappa shape index (κ1) is 13.0. The van der Waals surface area contributed by atoms with E-state index in [1.54, 1.807) is 18.2 Å². The molecular formula is C11H14BrNO3. The number of carbonyl (C=O) groups is 1. The zero-order valence-corrected chi connectivity index (χ0v) is 10.5. The summed E-state index contributed by atoms with van der Waals surface area (Å²) in [5, 5.41) is 2.68. The van der Waals surface area contributed by atoms with E-state index in [0.29, 0.717) is 24.4 Å². The number of nitrogens with one attached hydrogen (secondary N) is 1. The first-order chi connectivity index (χ1) is 7.74. The molecular weight excluding hydrogens is 274 g/mol. The lowest BCUT2D eigenvalue weighted by Crippen LogP contribution is -2.26. The van der Waals surface area contributed by atoms with E-state index in [4.69, 9.17) is 9.15 Å². The average molecular weight is 288 g/mol. The predicted molar refractivity (Wildman–Crippen MR) is 64.4 cm³/mol. The third-order valence-corrected chi connectivity index (χ3v) is 2.22. The Morgan fingerprint density at radius 3 is 3.00 bits per heavy atom. The summed E-state index contributed by atoms with van der Waals surface area (Å²) in [6.07, 6.45) is 2.61. The highest BCUT2D eigenvalue weighted by molar-refractivity contribution is 9.10. The molecule has 0 unspecified atom stereocenters. The van der Waals surface area contributed by atoms with Crippen molar-refractivity contribution >= 4 is 21.8 Å². The maximum absolute atomic E-state index is 11.4. The molecule has 0 fully saturated rings. The molecule has 0 aromatic carbocycles. The number of furan rings is 1. The molecule has 0 radical (unpaired) electrons. The van der Waals surface area contributed by atoms with Crippen molar-refractivity contribution in [2.24, 2.45) is 0 Å². The van der Waals surface area contributed by atoms with Gasteiger partial charge in [-0.25, -0.2) is 0 Å². The Hall–Kier alpha value is -1.07. The Bertz CT molecular complexity index is 349. The molecule has 1 N–H and O–H groups in total. The van der Waals surface area contributed by atoms with Gasteiger partial charge in [0.15, 0.2) is 10.4 Å². The van der Waals surface area contributed by atoms with Gasteiger partial charge in [0.05, 0.1) is 13.2 Å². The normalized spacial score (nSPS) is 10.1. The second kappa shape index (κ2) is 7.24. The van der Waals surface area contributed by atoms with Crippen LogP contribution in [0.15, 0.2) is 33.9 Å². The zero-order chi connectivity index (χ0) is 11.8. The Labute approximate surface area is 103 Å². The molecule has 0 aliphatic heterocycles. The van der Waals surface area contributed by atoms with Crippen LogP contribution in [0.1, 0.15) is 17.0 Å². The van der Waals surface area contributed by atoms with Crippen LogP contribution in [0.25, 0.3) is 0 Å². The molecule has 4 nitrogen and oxygen atoms in total. The van der Waals surface area contributed by atoms with E-state index in [1.165, 1.54) is 0 Å². The first-order valence-corrected chi connectivity index (χ1v) is 5.75. The molecule has 16 heavy (non-hydrogen) atoms. The Balaban J connectivity index is 2.13. The SMILES string of the molecule is C=CCCOCCNC(=O)c1ccc(Br)o1. The third-order valence-electron chi connectivity index (χ3n) is 1.80. The van der Waals surface area contributed by atoms with Crippen LogP contribution in [0, 0.1) is 0 Å². The number of hydrogen-bond acceptors (Lipinski definition) is 3. The Kier molecular flexibility index (Phi) is 5.88. The highest BCUT2D eigenvalue weighted by Crippen LogP contribution is 2.13. The quantitative estimate of drug-likeness (QED) is 0.619. The molecule has 0 atom stereocenters. The van der Waals surface area contributed by atoms with Crippen LogP contribution in [0.3, 0.4) is 0 Å². The van der Waals surface area contributed by atoms with Gasteiger partial charge in [-0.1, -0.05) is 6.08 Å². The fraction of sp³-hybridized carbons (Fsp3) is 0.364. The molecule has 5 heteroatoms. The fourth-order valence-electron chi connectivity index (χ4n) is 1.03. The van der Waals surface area contributed by atoms with Crippen LogP contribution in [0.2, 0.25) is 0 Å². The monoisotopic (exact) mass is 287 g/mol. The van der Waals surface area contributed by atoms with Crippen LogP contribution in [-0.2, 0) is 4.74 Å². The van der Waals surface area contributed by atoms with Crippen molar-refractivity contribution in [1.29, 1.82) is 0 Å². The van der Waals surface area contributed by atoms with Gasteiger partial charge in [-0.05, 0) is 34.5 Å². The van der Waals surface area contributed by atoms with Gasteiger partial charge in [-0.15, -0.1) is 6.58 Å². The predicted octanol–water partition coefficient (Wildman–Crippen LogP) is 2.36. The summed E-state index contributed by atoms with van der Waals surface area (Å²) >= 11 is 3.13. The number of carbonyl (C=O) groups excluding carboxylic acids is 1. The topological polar surface area (TPSA) is 51.5 Å². The van der Waals surface area contributed by atoms with Gasteiger partial charge in [-0.3, -0.25) is 4.79 Å². The lowest BCUT2D eigenvalue weighted by Gasteiger charge is -2.03. The van der Waals surface area contributed by atoms with Crippen molar-refractivity contribution in [3.63, 3.8) is 0 Å². The van der Waals surface area contributed by atoms with E-state index in [2.05, 4.69) is 27.8 Å². The van der Waals surface area contributed by atoms with Crippen molar-refractivity contribution in [1.82, 2.24) is 5.32 Å². The zero-order valence-electron chi connectivity index (χ0n) is 8.87. The largest absolute Gasteiger partial charge is 0.444 e. The highest BCUT2D eigenvalue weighted by atomic mass is 79.9. The van der Waals surface area contributed by atoms with Gasteiger partial charge in [0, 0.05) is 6.54 Å². The Morgan fingerprint density at radius 2 is 2.38 bits per heavy atom. The number of ether oxygens (including phenoxy) is 1. The van der Waals surface area contributed by atoms with Gasteiger partial charge in [0.1, 0.15) is 0 Å². The number of rotatable bonds is 7. The maximum Gasteiger partial charge on any atom is 0.287 e. The van der Waals surface area contributed by atoms with Crippen LogP contribution >= 0.6 is 15.9 Å². The van der Waals surface area contributed by atoms with Gasteiger partial charge in [0.25, 0.3) is 5.91 Å². The third kappa shape index (κ3) is 4.63. The minimum Gasteiger partial charge on any atom is -0.444 e. The van der Waals surface area contributed by atoms with Crippen molar-refractivity contribution in [3.8, 4) is 0 Å². The van der Waals surface area contributed by atoms with Crippen molar-refractivity contribution in [2.75, 3.05) is 19.8 Å². The summed E-state index contributed by atoms with van der Waals surface area (Å²) in [6.45, 7) is 5.17. The second-order valence-corrected chi connectivity index (χ2v) is 3.83. The molecule has 0 bridgehead atoms. The van der Waals surface area contributed by atoms with E-state index in [-0.39, 0.29) is 11.7 Å². The van der Waals surface area contributed by atoms with Gasteiger partial charge in [0.2, 0.25) is 0 Å². The number of hydrogen-bond donors (Lipinski definition) is 1. The van der Waals surface area contributed by atoms with Crippen LogP contribution in [-0.4, -0.2) is 25.7 Å². The number of halogens is 1. The van der Waals surface area contributed by atoms with E-state index < -0.39 is 0 Å². The second-order valence-electron chi connectivity index (χ2n) is 3.05. The van der Waals surface area contributed by atoms with E-state index >= 15 is 0 Å². The molecule has 1 heterocycles. The van der Waals surface area contributed by atoms with Crippen LogP contribution in [0.5, 0.6) is 0 Å². The average Bonchev–Trinajstić information content (AvgIpc) is 2.70. The molecule has 0 saturated heterocycles. The standard InChI is InChI=1S/C11H14BrNO3/c1-2-3-7-15-8-6-13-11(14)9-4-5-10(12)16-9/h2,4-5H,1,3,6-8H2,(H,13,14). The number of amides is 1. The molecule has 1 aromatic heterocycles. The molecule has 0 aliphatic rings. The summed E-state index contributed by atoms with van der Waals surface area (Å²) in [4.78, 5) is 11.4. The van der Waals surface area contributed by atoms with Crippen molar-refractivity contribution < 1.29 is 13.9 Å². The van der Waals surface area contributed by atoms with E-state index in [9.17, 15) is 4.79 Å². The van der Waals surface area contributed by atoms with E-state index in [1.807, 2.05) is 0 Å². The maximum atomic E-state index is 11.4. The molecule has 1 rings (SSSR count). The molecule has 1 amide bonds. The van der Waals surface area contributed by atoms with E-state index in [0.717, 1.165) is 6.42 Å². The highest BCUT2D eigenvalue weighted by Gasteiger charge is 2.08. The molecule has 1 aromatic rings. The van der Waals surface area contributed by atoms with Gasteiger partial charge >= 0.3 is 0 Å². The summed E-state index contributed by atoms with van der Waals surface area (Å²) in [7, 11) is 0. The van der Waals surface area contributed by atoms with Crippen LogP contribution in [0.4, 0.5) is 0 Å². The fourth-order valence-corrected chi connectivity index (χ4v) is 1.34. The molecule has 88 valence electrons. The molecule has 0 saturated carbocycles. The summed E-state index contributed by atoms with van der Waals surface area (Å²) in [5.74, 6) is 0.0518. The molecule has 0 spiro atoms. The lowest BCUT2D eigenvalue weighted by molar-refractivity contribution is 0.0890. The Morgan fingerprint density at radius 1 is 1.56 bits per heavy atom. The van der Waals surface area contributed by atoms with Crippen molar-refractivity contribution in [3.05, 3.63) is 35.2 Å². The summed E-state index contributed by atoms with van der Waals surface area (Å²) in [6, 6.07) is 3.29. The summed E-state index contributed by atoms with van der Waals surface area (Å²) in [5.41, 5.74) is 0. The van der Waals surface area contributed by atoms with Gasteiger partial charge in [-0.2, -0.15) is 0 Å². The summed E-state index contributed by atoms with van der Waals surface area (Å²) < 4.78 is 10.9. The molecule has 0 aliphatic carbocycles.